The van der Waals surface area contributed by atoms with Crippen LogP contribution in [0.15, 0.2) is 30.3 Å². The molecule has 0 radical (unpaired) electrons. The summed E-state index contributed by atoms with van der Waals surface area (Å²) in [4.78, 5) is 0. The van der Waals surface area contributed by atoms with E-state index in [0.717, 1.165) is 0 Å². The lowest BCUT2D eigenvalue weighted by atomic mass is 9.76. The van der Waals surface area contributed by atoms with Crippen molar-refractivity contribution < 1.29 is 0 Å². The zero-order valence-electron chi connectivity index (χ0n) is 15.8. The second kappa shape index (κ2) is 7.81. The van der Waals surface area contributed by atoms with Gasteiger partial charge in [-0.05, 0) is 72.4 Å². The molecule has 3 rings (SSSR count). The van der Waals surface area contributed by atoms with Gasteiger partial charge in [0.25, 0.3) is 0 Å². The Labute approximate surface area is 143 Å². The summed E-state index contributed by atoms with van der Waals surface area (Å²) in [5.74, 6) is 0.633. The van der Waals surface area contributed by atoms with Crippen LogP contribution in [0.3, 0.4) is 0 Å². The number of hydrogen-bond acceptors (Lipinski definition) is 0. The molecule has 0 aliphatic heterocycles. The van der Waals surface area contributed by atoms with Crippen LogP contribution in [0.1, 0.15) is 74.3 Å². The molecule has 1 aliphatic rings. The maximum atomic E-state index is 2.47. The topological polar surface area (TPSA) is 0 Å². The lowest BCUT2D eigenvalue weighted by Gasteiger charge is -2.28. The van der Waals surface area contributed by atoms with E-state index < -0.39 is 0 Å². The fraction of sp³-hybridized carbons (Fsp3) is 0.478. The maximum Gasteiger partial charge on any atom is -0.0119 e. The highest BCUT2D eigenvalue weighted by atomic mass is 14.3. The minimum Gasteiger partial charge on any atom is -0.0683 e. The minimum atomic E-state index is 0.633. The molecule has 2 aromatic rings. The quantitative estimate of drug-likeness (QED) is 0.572. The van der Waals surface area contributed by atoms with Gasteiger partial charge in [0.15, 0.2) is 0 Å². The summed E-state index contributed by atoms with van der Waals surface area (Å²) in [6.45, 7) is 13.1. The van der Waals surface area contributed by atoms with Gasteiger partial charge in [-0.15, -0.1) is 0 Å². The van der Waals surface area contributed by atoms with Crippen LogP contribution in [0, 0.1) is 13.8 Å². The predicted molar refractivity (Wildman–Crippen MR) is 103 cm³/mol. The summed E-state index contributed by atoms with van der Waals surface area (Å²) in [7, 11) is 0. The van der Waals surface area contributed by atoms with Gasteiger partial charge in [0.05, 0.1) is 0 Å². The molecule has 0 saturated carbocycles. The minimum absolute atomic E-state index is 0.633. The number of aryl methyl sites for hydroxylation is 3. The van der Waals surface area contributed by atoms with Crippen LogP contribution in [0.4, 0.5) is 0 Å². The fourth-order valence-electron chi connectivity index (χ4n) is 3.77. The Morgan fingerprint density at radius 2 is 1.78 bits per heavy atom. The van der Waals surface area contributed by atoms with Crippen LogP contribution in [0.25, 0.3) is 11.1 Å². The molecular formula is C23H32. The zero-order chi connectivity index (χ0) is 17.0. The highest BCUT2D eigenvalue weighted by molar-refractivity contribution is 5.77. The summed E-state index contributed by atoms with van der Waals surface area (Å²) < 4.78 is 0. The second-order valence-electron chi connectivity index (χ2n) is 6.75. The molecular weight excluding hydrogens is 276 g/mol. The van der Waals surface area contributed by atoms with Crippen molar-refractivity contribution in [2.24, 2.45) is 0 Å². The smallest absolute Gasteiger partial charge is 0.0119 e. The first-order valence-electron chi connectivity index (χ1n) is 9.33. The third-order valence-electron chi connectivity index (χ3n) is 4.83. The number of hydrogen-bond donors (Lipinski definition) is 0. The van der Waals surface area contributed by atoms with E-state index in [2.05, 4.69) is 58.0 Å². The summed E-state index contributed by atoms with van der Waals surface area (Å²) in [6, 6.07) is 11.9. The Hall–Kier alpha value is -1.56. The lowest BCUT2D eigenvalue weighted by Crippen LogP contribution is -2.10. The van der Waals surface area contributed by atoms with E-state index in [9.17, 15) is 0 Å². The molecule has 0 amide bonds. The van der Waals surface area contributed by atoms with E-state index in [1.807, 2.05) is 13.8 Å². The first kappa shape index (κ1) is 17.8. The first-order valence-corrected chi connectivity index (χ1v) is 9.33. The van der Waals surface area contributed by atoms with Crippen molar-refractivity contribution in [1.82, 2.24) is 0 Å². The molecule has 0 bridgehead atoms. The number of fused-ring (bicyclic) bond motifs is 3. The molecule has 1 atom stereocenters. The number of rotatable bonds is 3. The van der Waals surface area contributed by atoms with Gasteiger partial charge in [0.1, 0.15) is 0 Å². The van der Waals surface area contributed by atoms with Gasteiger partial charge in [-0.2, -0.15) is 0 Å². The fourth-order valence-corrected chi connectivity index (χ4v) is 3.77. The van der Waals surface area contributed by atoms with Gasteiger partial charge in [-0.3, -0.25) is 0 Å². The number of unbranched alkanes of at least 4 members (excludes halogenated alkanes) is 1. The average molecular weight is 309 g/mol. The molecule has 0 saturated heterocycles. The average Bonchev–Trinajstić information content (AvgIpc) is 2.54. The zero-order valence-corrected chi connectivity index (χ0v) is 15.8. The summed E-state index contributed by atoms with van der Waals surface area (Å²) in [5.41, 5.74) is 10.4. The molecule has 0 fully saturated rings. The molecule has 0 heterocycles. The van der Waals surface area contributed by atoms with Gasteiger partial charge in [-0.25, -0.2) is 0 Å². The molecule has 23 heavy (non-hydrogen) atoms. The molecule has 0 nitrogen and oxygen atoms in total. The highest BCUT2D eigenvalue weighted by Crippen LogP contribution is 2.42. The van der Waals surface area contributed by atoms with E-state index >= 15 is 0 Å². The van der Waals surface area contributed by atoms with Crippen molar-refractivity contribution >= 4 is 0 Å². The Morgan fingerprint density at radius 1 is 1.04 bits per heavy atom. The molecule has 0 aromatic heterocycles. The molecule has 2 aromatic carbocycles. The van der Waals surface area contributed by atoms with Crippen molar-refractivity contribution in [2.75, 3.05) is 0 Å². The first-order chi connectivity index (χ1) is 11.1. The Bertz CT molecular complexity index is 664. The van der Waals surface area contributed by atoms with Crippen molar-refractivity contribution in [3.05, 3.63) is 58.1 Å². The van der Waals surface area contributed by atoms with E-state index in [4.69, 9.17) is 0 Å². The Balaban J connectivity index is 0.000000924. The Morgan fingerprint density at radius 3 is 2.48 bits per heavy atom. The van der Waals surface area contributed by atoms with Crippen LogP contribution >= 0.6 is 0 Å². The third-order valence-corrected chi connectivity index (χ3v) is 4.83. The predicted octanol–water partition coefficient (Wildman–Crippen LogP) is 7.00. The van der Waals surface area contributed by atoms with Crippen molar-refractivity contribution in [1.29, 1.82) is 0 Å². The normalized spacial score (nSPS) is 15.3. The third kappa shape index (κ3) is 3.68. The van der Waals surface area contributed by atoms with E-state index in [1.54, 1.807) is 5.56 Å². The largest absolute Gasteiger partial charge is 0.0683 e. The van der Waals surface area contributed by atoms with Gasteiger partial charge in [0, 0.05) is 0 Å². The molecule has 0 N–H and O–H groups in total. The van der Waals surface area contributed by atoms with Crippen LogP contribution in [0.2, 0.25) is 0 Å². The van der Waals surface area contributed by atoms with Gasteiger partial charge in [-0.1, -0.05) is 70.0 Å². The molecule has 0 spiro atoms. The summed E-state index contributed by atoms with van der Waals surface area (Å²) in [5, 5.41) is 0. The molecule has 1 unspecified atom stereocenters. The standard InChI is InChI=1S/C21H26.C2H6/c1-5-6-7-17-11-16(4)21-18(13-17)12-15(3)19-9-8-14(2)10-20(19)21;1-2/h8-11,13,15H,5-7,12H2,1-4H3;1-2H3. The molecule has 124 valence electrons. The maximum absolute atomic E-state index is 2.47. The van der Waals surface area contributed by atoms with Gasteiger partial charge in [0.2, 0.25) is 0 Å². The van der Waals surface area contributed by atoms with Crippen LogP contribution in [-0.4, -0.2) is 0 Å². The Kier molecular flexibility index (Phi) is 6.04. The van der Waals surface area contributed by atoms with Crippen molar-refractivity contribution in [3.63, 3.8) is 0 Å². The second-order valence-corrected chi connectivity index (χ2v) is 6.75. The van der Waals surface area contributed by atoms with Crippen LogP contribution < -0.4 is 0 Å². The van der Waals surface area contributed by atoms with Gasteiger partial charge >= 0.3 is 0 Å². The van der Waals surface area contributed by atoms with Crippen molar-refractivity contribution in [2.45, 2.75) is 73.1 Å². The summed E-state index contributed by atoms with van der Waals surface area (Å²) in [6.07, 6.45) is 4.98. The van der Waals surface area contributed by atoms with Crippen LogP contribution in [-0.2, 0) is 12.8 Å². The van der Waals surface area contributed by atoms with Crippen molar-refractivity contribution in [3.8, 4) is 11.1 Å². The number of benzene rings is 2. The monoisotopic (exact) mass is 308 g/mol. The lowest BCUT2D eigenvalue weighted by molar-refractivity contribution is 0.742. The van der Waals surface area contributed by atoms with Crippen LogP contribution in [0.5, 0.6) is 0 Å². The highest BCUT2D eigenvalue weighted by Gasteiger charge is 2.23. The summed E-state index contributed by atoms with van der Waals surface area (Å²) >= 11 is 0. The van der Waals surface area contributed by atoms with E-state index in [-0.39, 0.29) is 0 Å². The van der Waals surface area contributed by atoms with E-state index in [1.165, 1.54) is 59.1 Å². The molecule has 0 heteroatoms. The van der Waals surface area contributed by atoms with Gasteiger partial charge < -0.3 is 0 Å². The molecule has 1 aliphatic carbocycles. The SMILES string of the molecule is CC.CCCCc1cc(C)c2c(c1)CC(C)c1ccc(C)cc1-2. The van der Waals surface area contributed by atoms with E-state index in [0.29, 0.717) is 5.92 Å².